The lowest BCUT2D eigenvalue weighted by atomic mass is 10.1. The van der Waals surface area contributed by atoms with Gasteiger partial charge in [0, 0.05) is 5.02 Å². The fourth-order valence-electron chi connectivity index (χ4n) is 1.85. The summed E-state index contributed by atoms with van der Waals surface area (Å²) in [5, 5.41) is 0.0959. The highest BCUT2D eigenvalue weighted by molar-refractivity contribution is 8.15. The van der Waals surface area contributed by atoms with Crippen molar-refractivity contribution < 1.29 is 15.3 Å². The minimum Gasteiger partial charge on any atom is -0.356 e. The highest BCUT2D eigenvalue weighted by Crippen LogP contribution is 2.30. The van der Waals surface area contributed by atoms with Crippen LogP contribution in [0.5, 0.6) is 0 Å². The van der Waals surface area contributed by atoms with Crippen LogP contribution in [0.1, 0.15) is 5.56 Å². The number of quaternary nitrogens is 1. The molecule has 0 unspecified atom stereocenters. The summed E-state index contributed by atoms with van der Waals surface area (Å²) >= 11 is 7.13. The van der Waals surface area contributed by atoms with Crippen LogP contribution < -0.4 is 5.73 Å². The molecule has 1 heterocycles. The van der Waals surface area contributed by atoms with Crippen molar-refractivity contribution in [3.8, 4) is 0 Å². The summed E-state index contributed by atoms with van der Waals surface area (Å²) in [5.41, 5.74) is 4.56. The number of halogens is 1. The van der Waals surface area contributed by atoms with E-state index < -0.39 is 0 Å². The average molecular weight is 286 g/mol. The molecule has 6 heteroatoms. The second-order valence-corrected chi connectivity index (χ2v) is 5.57. The third-order valence-electron chi connectivity index (χ3n) is 2.75. The average Bonchev–Trinajstić information content (AvgIpc) is 2.60. The molecule has 1 aliphatic heterocycles. The summed E-state index contributed by atoms with van der Waals surface area (Å²) in [4.78, 5) is 25.0. The van der Waals surface area contributed by atoms with E-state index in [2.05, 4.69) is 5.73 Å². The molecular weight excluding hydrogens is 272 g/mol. The SMILES string of the molecule is [NH3+]CCN1C(=O)S[C@@H](Cc2ccccc2Cl)C1=O. The number of imide groups is 1. The Morgan fingerprint density at radius 2 is 2.06 bits per heavy atom. The molecule has 1 aromatic carbocycles. The number of nitrogens with zero attached hydrogens (tertiary/aromatic N) is 1. The molecule has 18 heavy (non-hydrogen) atoms. The maximum Gasteiger partial charge on any atom is 0.289 e. The van der Waals surface area contributed by atoms with Gasteiger partial charge in [0.25, 0.3) is 5.24 Å². The first-order chi connectivity index (χ1) is 8.63. The fraction of sp³-hybridized carbons (Fsp3) is 0.333. The van der Waals surface area contributed by atoms with Gasteiger partial charge in [-0.15, -0.1) is 0 Å². The number of hydrogen-bond donors (Lipinski definition) is 1. The third-order valence-corrected chi connectivity index (χ3v) is 4.19. The van der Waals surface area contributed by atoms with E-state index in [-0.39, 0.29) is 16.4 Å². The van der Waals surface area contributed by atoms with Crippen LogP contribution in [0.3, 0.4) is 0 Å². The minimum absolute atomic E-state index is 0.131. The zero-order valence-electron chi connectivity index (χ0n) is 9.77. The molecule has 0 spiro atoms. The number of thioether (sulfide) groups is 1. The topological polar surface area (TPSA) is 65.0 Å². The van der Waals surface area contributed by atoms with Crippen LogP contribution >= 0.6 is 23.4 Å². The van der Waals surface area contributed by atoms with E-state index >= 15 is 0 Å². The first-order valence-corrected chi connectivity index (χ1v) is 6.94. The predicted molar refractivity (Wildman–Crippen MR) is 71.4 cm³/mol. The number of benzene rings is 1. The molecule has 96 valence electrons. The zero-order chi connectivity index (χ0) is 13.1. The Balaban J connectivity index is 2.10. The van der Waals surface area contributed by atoms with Crippen LogP contribution in [0.2, 0.25) is 5.02 Å². The monoisotopic (exact) mass is 285 g/mol. The standard InChI is InChI=1S/C12H13ClN2O2S/c13-9-4-2-1-3-8(9)7-10-11(16)15(6-5-14)12(17)18-10/h1-4,10H,5-7,14H2/p+1/t10-/m0/s1. The van der Waals surface area contributed by atoms with E-state index in [0.717, 1.165) is 17.3 Å². The molecule has 0 radical (unpaired) electrons. The van der Waals surface area contributed by atoms with Crippen molar-refractivity contribution in [2.75, 3.05) is 13.1 Å². The second kappa shape index (κ2) is 5.73. The Hall–Kier alpha value is -1.04. The molecule has 4 nitrogen and oxygen atoms in total. The van der Waals surface area contributed by atoms with Crippen molar-refractivity contribution in [2.45, 2.75) is 11.7 Å². The van der Waals surface area contributed by atoms with Crippen LogP contribution in [0.4, 0.5) is 4.79 Å². The van der Waals surface area contributed by atoms with Crippen LogP contribution in [0.15, 0.2) is 24.3 Å². The van der Waals surface area contributed by atoms with Gasteiger partial charge in [-0.3, -0.25) is 14.5 Å². The van der Waals surface area contributed by atoms with Gasteiger partial charge in [0.05, 0.1) is 18.3 Å². The van der Waals surface area contributed by atoms with Crippen molar-refractivity contribution in [3.63, 3.8) is 0 Å². The number of carbonyl (C=O) groups is 2. The highest BCUT2D eigenvalue weighted by atomic mass is 35.5. The van der Waals surface area contributed by atoms with E-state index in [1.807, 2.05) is 18.2 Å². The van der Waals surface area contributed by atoms with Gasteiger partial charge in [-0.1, -0.05) is 41.6 Å². The lowest BCUT2D eigenvalue weighted by molar-refractivity contribution is -0.367. The normalized spacial score (nSPS) is 19.7. The molecule has 1 saturated heterocycles. The molecule has 1 fully saturated rings. The van der Waals surface area contributed by atoms with Crippen LogP contribution in [0, 0.1) is 0 Å². The van der Waals surface area contributed by atoms with Crippen LogP contribution in [-0.4, -0.2) is 34.4 Å². The Morgan fingerprint density at radius 3 is 2.72 bits per heavy atom. The largest absolute Gasteiger partial charge is 0.356 e. The van der Waals surface area contributed by atoms with Crippen molar-refractivity contribution in [1.82, 2.24) is 4.90 Å². The lowest BCUT2D eigenvalue weighted by Crippen LogP contribution is -2.55. The lowest BCUT2D eigenvalue weighted by Gasteiger charge is -2.11. The van der Waals surface area contributed by atoms with E-state index in [0.29, 0.717) is 24.5 Å². The Bertz CT molecular complexity index is 481. The Morgan fingerprint density at radius 1 is 1.33 bits per heavy atom. The van der Waals surface area contributed by atoms with E-state index in [4.69, 9.17) is 11.6 Å². The summed E-state index contributed by atoms with van der Waals surface area (Å²) in [5.74, 6) is -0.131. The van der Waals surface area contributed by atoms with Gasteiger partial charge in [0.1, 0.15) is 0 Å². The highest BCUT2D eigenvalue weighted by Gasteiger charge is 2.39. The van der Waals surface area contributed by atoms with Gasteiger partial charge in [-0.2, -0.15) is 0 Å². The van der Waals surface area contributed by atoms with Crippen molar-refractivity contribution in [3.05, 3.63) is 34.9 Å². The van der Waals surface area contributed by atoms with Gasteiger partial charge < -0.3 is 5.73 Å². The smallest absolute Gasteiger partial charge is 0.289 e. The predicted octanol–water partition coefficient (Wildman–Crippen LogP) is 1.19. The van der Waals surface area contributed by atoms with Gasteiger partial charge in [0.2, 0.25) is 5.91 Å². The summed E-state index contributed by atoms with van der Waals surface area (Å²) in [6, 6.07) is 7.39. The Labute approximate surface area is 114 Å². The molecule has 0 bridgehead atoms. The molecule has 1 aliphatic rings. The van der Waals surface area contributed by atoms with Gasteiger partial charge in [-0.25, -0.2) is 0 Å². The molecule has 1 atom stereocenters. The molecule has 0 saturated carbocycles. The summed E-state index contributed by atoms with van der Waals surface area (Å²) in [7, 11) is 0. The van der Waals surface area contributed by atoms with Crippen molar-refractivity contribution in [1.29, 1.82) is 0 Å². The minimum atomic E-state index is -0.357. The Kier molecular flexibility index (Phi) is 4.27. The summed E-state index contributed by atoms with van der Waals surface area (Å²) < 4.78 is 0. The van der Waals surface area contributed by atoms with E-state index in [9.17, 15) is 9.59 Å². The van der Waals surface area contributed by atoms with E-state index in [1.165, 1.54) is 4.90 Å². The maximum atomic E-state index is 12.0. The maximum absolute atomic E-state index is 12.0. The molecule has 0 aliphatic carbocycles. The van der Waals surface area contributed by atoms with Crippen LogP contribution in [-0.2, 0) is 11.2 Å². The third kappa shape index (κ3) is 2.68. The zero-order valence-corrected chi connectivity index (χ0v) is 11.3. The first kappa shape index (κ1) is 13.4. The number of rotatable bonds is 4. The molecule has 1 aromatic rings. The molecule has 2 rings (SSSR count). The molecular formula is C12H14ClN2O2S+. The van der Waals surface area contributed by atoms with Gasteiger partial charge in [0.15, 0.2) is 0 Å². The molecule has 3 N–H and O–H groups in total. The summed E-state index contributed by atoms with van der Waals surface area (Å²) in [6.07, 6.45) is 0.489. The van der Waals surface area contributed by atoms with Crippen LogP contribution in [0.25, 0.3) is 0 Å². The molecule has 0 aromatic heterocycles. The van der Waals surface area contributed by atoms with E-state index in [1.54, 1.807) is 6.07 Å². The summed E-state index contributed by atoms with van der Waals surface area (Å²) in [6.45, 7) is 0.931. The second-order valence-electron chi connectivity index (χ2n) is 4.01. The van der Waals surface area contributed by atoms with Crippen molar-refractivity contribution >= 4 is 34.5 Å². The number of amides is 2. The fourth-order valence-corrected chi connectivity index (χ4v) is 3.11. The number of hydrogen-bond acceptors (Lipinski definition) is 3. The van der Waals surface area contributed by atoms with Gasteiger partial charge in [-0.05, 0) is 18.1 Å². The molecule has 2 amide bonds. The number of carbonyl (C=O) groups excluding carboxylic acids is 2. The quantitative estimate of drug-likeness (QED) is 0.904. The first-order valence-electron chi connectivity index (χ1n) is 5.68. The van der Waals surface area contributed by atoms with Crippen molar-refractivity contribution in [2.24, 2.45) is 0 Å². The van der Waals surface area contributed by atoms with Gasteiger partial charge >= 0.3 is 0 Å².